The first-order chi connectivity index (χ1) is 15.7. The summed E-state index contributed by atoms with van der Waals surface area (Å²) in [7, 11) is 3.29. The quantitative estimate of drug-likeness (QED) is 0.550. The van der Waals surface area contributed by atoms with Gasteiger partial charge in [0.1, 0.15) is 29.7 Å². The summed E-state index contributed by atoms with van der Waals surface area (Å²) in [5.41, 5.74) is 3.39. The zero-order valence-electron chi connectivity index (χ0n) is 18.0. The molecular weight excluding hydrogens is 406 g/mol. The number of nitrogens with zero attached hydrogens (tertiary/aromatic N) is 1. The molecule has 0 saturated carbocycles. The molecule has 0 N–H and O–H groups in total. The molecule has 162 valence electrons. The van der Waals surface area contributed by atoms with Crippen molar-refractivity contribution in [2.24, 2.45) is 0 Å². The first-order valence-electron chi connectivity index (χ1n) is 10.4. The van der Waals surface area contributed by atoms with Crippen LogP contribution in [0.5, 0.6) is 23.0 Å². The fourth-order valence-electron chi connectivity index (χ4n) is 4.03. The van der Waals surface area contributed by atoms with Crippen LogP contribution in [0.15, 0.2) is 66.4 Å². The van der Waals surface area contributed by atoms with Crippen LogP contribution in [-0.2, 0) is 13.1 Å². The van der Waals surface area contributed by atoms with Gasteiger partial charge in [-0.1, -0.05) is 30.3 Å². The number of ketones is 1. The number of carbonyl (C=O) groups is 1. The van der Waals surface area contributed by atoms with E-state index in [9.17, 15) is 4.79 Å². The third-order valence-corrected chi connectivity index (χ3v) is 5.68. The Morgan fingerprint density at radius 3 is 2.59 bits per heavy atom. The number of allylic oxidation sites excluding steroid dienone is 1. The second kappa shape index (κ2) is 8.40. The number of fused-ring (bicyclic) bond motifs is 3. The average Bonchev–Trinajstić information content (AvgIpc) is 3.15. The summed E-state index contributed by atoms with van der Waals surface area (Å²) >= 11 is 0. The minimum Gasteiger partial charge on any atom is -0.497 e. The van der Waals surface area contributed by atoms with Gasteiger partial charge in [0.05, 0.1) is 25.3 Å². The van der Waals surface area contributed by atoms with Crippen molar-refractivity contribution in [1.29, 1.82) is 0 Å². The molecule has 0 unspecified atom stereocenters. The lowest BCUT2D eigenvalue weighted by molar-refractivity contribution is 0.0865. The maximum atomic E-state index is 13.0. The third-order valence-electron chi connectivity index (χ3n) is 5.68. The van der Waals surface area contributed by atoms with E-state index in [1.54, 1.807) is 26.4 Å². The lowest BCUT2D eigenvalue weighted by Crippen LogP contribution is -2.31. The molecule has 32 heavy (non-hydrogen) atoms. The van der Waals surface area contributed by atoms with E-state index in [1.165, 1.54) is 0 Å². The van der Waals surface area contributed by atoms with E-state index >= 15 is 0 Å². The molecule has 3 aromatic carbocycles. The van der Waals surface area contributed by atoms with Crippen molar-refractivity contribution in [3.05, 3.63) is 88.7 Å². The number of hydrogen-bond donors (Lipinski definition) is 0. The Hall–Kier alpha value is -3.77. The number of rotatable bonds is 5. The number of methoxy groups -OCH3 is 2. The number of hydrogen-bond acceptors (Lipinski definition) is 6. The maximum Gasteiger partial charge on any atom is 0.231 e. The fourth-order valence-corrected chi connectivity index (χ4v) is 4.03. The molecular formula is C26H23NO5. The largest absolute Gasteiger partial charge is 0.497 e. The summed E-state index contributed by atoms with van der Waals surface area (Å²) in [4.78, 5) is 15.1. The Kier molecular flexibility index (Phi) is 5.29. The number of carbonyl (C=O) groups excluding carboxylic acids is 1. The predicted molar refractivity (Wildman–Crippen MR) is 120 cm³/mol. The molecule has 0 fully saturated rings. The van der Waals surface area contributed by atoms with Gasteiger partial charge in [-0.05, 0) is 42.0 Å². The van der Waals surface area contributed by atoms with E-state index in [2.05, 4.69) is 4.90 Å². The lowest BCUT2D eigenvalue weighted by atomic mass is 10.0. The van der Waals surface area contributed by atoms with Crippen LogP contribution in [0.4, 0.5) is 0 Å². The fraction of sp³-hybridized carbons (Fsp3) is 0.192. The molecule has 5 rings (SSSR count). The molecule has 0 aromatic heterocycles. The standard InChI is InChI=1S/C26H23NO5/c1-29-19-9-7-17(8-10-19)13-24-25(28)20-11-12-23-21(26(20)32-24)15-27(16-31-23)14-18-5-3-4-6-22(18)30-2/h3-13H,14-16H2,1-2H3/b24-13-. The first kappa shape index (κ1) is 20.2. The monoisotopic (exact) mass is 429 g/mol. The van der Waals surface area contributed by atoms with Crippen LogP contribution in [0.25, 0.3) is 6.08 Å². The zero-order valence-corrected chi connectivity index (χ0v) is 18.0. The SMILES string of the molecule is COc1ccc(/C=C2\Oc3c(ccc4c3CN(Cc3ccccc3OC)CO4)C2=O)cc1. The zero-order chi connectivity index (χ0) is 22.1. The van der Waals surface area contributed by atoms with Crippen LogP contribution in [0.2, 0.25) is 0 Å². The van der Waals surface area contributed by atoms with Crippen LogP contribution >= 0.6 is 0 Å². The van der Waals surface area contributed by atoms with Gasteiger partial charge >= 0.3 is 0 Å². The van der Waals surface area contributed by atoms with Crippen molar-refractivity contribution in [1.82, 2.24) is 4.90 Å². The van der Waals surface area contributed by atoms with E-state index in [1.807, 2.05) is 54.6 Å². The number of Topliss-reactive ketones (excluding diaryl/α,β-unsaturated/α-hetero) is 1. The van der Waals surface area contributed by atoms with Gasteiger partial charge in [0.2, 0.25) is 5.78 Å². The molecule has 0 radical (unpaired) electrons. The highest BCUT2D eigenvalue weighted by atomic mass is 16.5. The molecule has 0 saturated heterocycles. The predicted octanol–water partition coefficient (Wildman–Crippen LogP) is 4.67. The molecule has 0 atom stereocenters. The van der Waals surface area contributed by atoms with Crippen LogP contribution in [0, 0.1) is 0 Å². The van der Waals surface area contributed by atoms with Crippen molar-refractivity contribution < 1.29 is 23.7 Å². The summed E-state index contributed by atoms with van der Waals surface area (Å²) in [6.45, 7) is 1.72. The molecule has 0 amide bonds. The van der Waals surface area contributed by atoms with Crippen molar-refractivity contribution in [2.45, 2.75) is 13.1 Å². The Balaban J connectivity index is 1.40. The number of benzene rings is 3. The molecule has 3 aromatic rings. The Morgan fingerprint density at radius 1 is 1.00 bits per heavy atom. The molecule has 6 heteroatoms. The lowest BCUT2D eigenvalue weighted by Gasteiger charge is -2.30. The Morgan fingerprint density at radius 2 is 1.81 bits per heavy atom. The van der Waals surface area contributed by atoms with Crippen LogP contribution in [0.1, 0.15) is 27.0 Å². The van der Waals surface area contributed by atoms with Gasteiger partial charge in [0.25, 0.3) is 0 Å². The molecule has 0 aliphatic carbocycles. The van der Waals surface area contributed by atoms with Gasteiger partial charge in [0, 0.05) is 18.7 Å². The molecule has 6 nitrogen and oxygen atoms in total. The molecule has 0 spiro atoms. The van der Waals surface area contributed by atoms with Gasteiger partial charge in [-0.25, -0.2) is 0 Å². The average molecular weight is 429 g/mol. The first-order valence-corrected chi connectivity index (χ1v) is 10.4. The Bertz CT molecular complexity index is 1200. The van der Waals surface area contributed by atoms with Gasteiger partial charge < -0.3 is 18.9 Å². The minimum atomic E-state index is -0.125. The number of para-hydroxylation sites is 1. The van der Waals surface area contributed by atoms with Gasteiger partial charge in [0.15, 0.2) is 5.76 Å². The highest BCUT2D eigenvalue weighted by molar-refractivity contribution is 6.15. The van der Waals surface area contributed by atoms with Crippen LogP contribution in [0.3, 0.4) is 0 Å². The van der Waals surface area contributed by atoms with Crippen LogP contribution in [-0.4, -0.2) is 31.6 Å². The molecule has 0 bridgehead atoms. The summed E-state index contributed by atoms with van der Waals surface area (Å²) in [6.07, 6.45) is 1.75. The Labute approximate surface area is 186 Å². The summed E-state index contributed by atoms with van der Waals surface area (Å²) in [6, 6.07) is 19.0. The van der Waals surface area contributed by atoms with Gasteiger partial charge in [-0.15, -0.1) is 0 Å². The van der Waals surface area contributed by atoms with Gasteiger partial charge in [-0.2, -0.15) is 0 Å². The minimum absolute atomic E-state index is 0.125. The maximum absolute atomic E-state index is 13.0. The highest BCUT2D eigenvalue weighted by Crippen LogP contribution is 2.42. The van der Waals surface area contributed by atoms with E-state index in [4.69, 9.17) is 18.9 Å². The number of ether oxygens (including phenoxy) is 4. The molecule has 2 heterocycles. The van der Waals surface area contributed by atoms with E-state index in [0.29, 0.717) is 36.9 Å². The normalized spacial score (nSPS) is 16.2. The van der Waals surface area contributed by atoms with Crippen molar-refractivity contribution in [2.75, 3.05) is 21.0 Å². The van der Waals surface area contributed by atoms with E-state index in [-0.39, 0.29) is 5.78 Å². The smallest absolute Gasteiger partial charge is 0.231 e. The third kappa shape index (κ3) is 3.69. The molecule has 2 aliphatic heterocycles. The molecule has 2 aliphatic rings. The van der Waals surface area contributed by atoms with Crippen LogP contribution < -0.4 is 18.9 Å². The van der Waals surface area contributed by atoms with Crippen molar-refractivity contribution in [3.8, 4) is 23.0 Å². The second-order valence-corrected chi connectivity index (χ2v) is 7.70. The second-order valence-electron chi connectivity index (χ2n) is 7.70. The van der Waals surface area contributed by atoms with Gasteiger partial charge in [-0.3, -0.25) is 9.69 Å². The van der Waals surface area contributed by atoms with Crippen molar-refractivity contribution >= 4 is 11.9 Å². The topological polar surface area (TPSA) is 57.2 Å². The summed E-state index contributed by atoms with van der Waals surface area (Å²) < 4.78 is 22.7. The van der Waals surface area contributed by atoms with E-state index < -0.39 is 0 Å². The summed E-state index contributed by atoms with van der Waals surface area (Å²) in [5, 5.41) is 0. The summed E-state index contributed by atoms with van der Waals surface area (Å²) in [5.74, 6) is 3.11. The van der Waals surface area contributed by atoms with E-state index in [0.717, 1.165) is 33.9 Å². The van der Waals surface area contributed by atoms with Crippen molar-refractivity contribution in [3.63, 3.8) is 0 Å². The highest BCUT2D eigenvalue weighted by Gasteiger charge is 2.33.